The van der Waals surface area contributed by atoms with E-state index in [-0.39, 0.29) is 41.7 Å². The van der Waals surface area contributed by atoms with Crippen LogP contribution in [0.2, 0.25) is 0 Å². The van der Waals surface area contributed by atoms with E-state index in [4.69, 9.17) is 11.6 Å². The van der Waals surface area contributed by atoms with E-state index in [0.29, 0.717) is 6.54 Å². The summed E-state index contributed by atoms with van der Waals surface area (Å²) in [6.45, 7) is 11.1. The van der Waals surface area contributed by atoms with Crippen molar-refractivity contribution in [3.63, 3.8) is 0 Å². The van der Waals surface area contributed by atoms with Crippen molar-refractivity contribution in [3.05, 3.63) is 57.3 Å². The lowest BCUT2D eigenvalue weighted by Gasteiger charge is -2.38. The molecule has 0 saturated heterocycles. The molecule has 0 radical (unpaired) electrons. The fourth-order valence-electron chi connectivity index (χ4n) is 4.55. The minimum atomic E-state index is -0.672. The number of nitrogens with zero attached hydrogens (tertiary/aromatic N) is 2. The van der Waals surface area contributed by atoms with Gasteiger partial charge in [-0.25, -0.2) is 0 Å². The third kappa shape index (κ3) is 5.00. The Kier molecular flexibility index (Phi) is 6.67. The summed E-state index contributed by atoms with van der Waals surface area (Å²) in [5.74, 6) is 0.239. The average molecular weight is 487 g/mol. The van der Waals surface area contributed by atoms with Crippen LogP contribution in [0, 0.1) is 5.41 Å². The van der Waals surface area contributed by atoms with Crippen LogP contribution in [0.4, 0.5) is 0 Å². The second-order valence-electron chi connectivity index (χ2n) is 11.1. The molecule has 1 atom stereocenters. The summed E-state index contributed by atoms with van der Waals surface area (Å²) in [7, 11) is 0. The Labute approximate surface area is 206 Å². The van der Waals surface area contributed by atoms with Gasteiger partial charge in [0.15, 0.2) is 0 Å². The van der Waals surface area contributed by atoms with Crippen LogP contribution in [-0.2, 0) is 21.4 Å². The molecule has 2 amide bonds. The molecular weight excluding hydrogens is 452 g/mol. The van der Waals surface area contributed by atoms with E-state index in [1.54, 1.807) is 16.2 Å². The van der Waals surface area contributed by atoms with Gasteiger partial charge in [0.1, 0.15) is 6.54 Å². The Morgan fingerprint density at radius 1 is 1.09 bits per heavy atom. The summed E-state index contributed by atoms with van der Waals surface area (Å²) < 4.78 is 0. The lowest BCUT2D eigenvalue weighted by molar-refractivity contribution is -0.146. The van der Waals surface area contributed by atoms with Gasteiger partial charge in [0.25, 0.3) is 0 Å². The molecule has 1 aromatic carbocycles. The number of carbonyl (C=O) groups is 2. The maximum atomic E-state index is 13.7. The van der Waals surface area contributed by atoms with Crippen LogP contribution >= 0.6 is 22.9 Å². The van der Waals surface area contributed by atoms with Gasteiger partial charge in [-0.15, -0.1) is 22.9 Å². The quantitative estimate of drug-likeness (QED) is 0.486. The Bertz CT molecular complexity index is 1020. The number of halogens is 1. The van der Waals surface area contributed by atoms with Crippen LogP contribution in [0.15, 0.2) is 35.7 Å². The number of amides is 2. The highest BCUT2D eigenvalue weighted by molar-refractivity contribution is 7.10. The van der Waals surface area contributed by atoms with Gasteiger partial charge in [-0.1, -0.05) is 45.0 Å². The van der Waals surface area contributed by atoms with Gasteiger partial charge >= 0.3 is 0 Å². The van der Waals surface area contributed by atoms with E-state index in [9.17, 15) is 9.59 Å². The number of hydrogen-bond donors (Lipinski definition) is 0. The molecule has 1 fully saturated rings. The number of rotatable bonds is 6. The topological polar surface area (TPSA) is 40.6 Å². The van der Waals surface area contributed by atoms with E-state index in [1.165, 1.54) is 16.0 Å². The average Bonchev–Trinajstić information content (AvgIpc) is 3.51. The van der Waals surface area contributed by atoms with Crippen molar-refractivity contribution < 1.29 is 9.59 Å². The van der Waals surface area contributed by atoms with Gasteiger partial charge in [0.2, 0.25) is 11.8 Å². The van der Waals surface area contributed by atoms with Crippen LogP contribution in [-0.4, -0.2) is 46.6 Å². The van der Waals surface area contributed by atoms with Crippen LogP contribution in [0.5, 0.6) is 0 Å². The molecule has 1 aliphatic carbocycles. The molecule has 2 aliphatic rings. The normalized spacial score (nSPS) is 18.7. The van der Waals surface area contributed by atoms with Crippen molar-refractivity contribution in [1.29, 1.82) is 0 Å². The Morgan fingerprint density at radius 2 is 1.76 bits per heavy atom. The number of benzene rings is 1. The van der Waals surface area contributed by atoms with Crippen LogP contribution in [0.25, 0.3) is 0 Å². The zero-order chi connectivity index (χ0) is 24.0. The summed E-state index contributed by atoms with van der Waals surface area (Å²) in [6, 6.07) is 10.9. The molecule has 33 heavy (non-hydrogen) atoms. The van der Waals surface area contributed by atoms with Crippen LogP contribution < -0.4 is 0 Å². The van der Waals surface area contributed by atoms with Crippen molar-refractivity contribution in [3.8, 4) is 0 Å². The first-order valence-electron chi connectivity index (χ1n) is 11.9. The predicted molar refractivity (Wildman–Crippen MR) is 136 cm³/mol. The molecule has 2 aromatic rings. The van der Waals surface area contributed by atoms with Crippen molar-refractivity contribution in [2.45, 2.75) is 71.4 Å². The molecule has 4 rings (SSSR count). The molecular formula is C27H35ClN2O2S. The number of carbonyl (C=O) groups excluding carboxylic acids is 2. The van der Waals surface area contributed by atoms with Crippen molar-refractivity contribution in [2.24, 2.45) is 5.41 Å². The van der Waals surface area contributed by atoms with Gasteiger partial charge in [-0.2, -0.15) is 0 Å². The van der Waals surface area contributed by atoms with Crippen molar-refractivity contribution in [2.75, 3.05) is 19.0 Å². The van der Waals surface area contributed by atoms with Gasteiger partial charge in [0, 0.05) is 23.3 Å². The highest BCUT2D eigenvalue weighted by atomic mass is 35.5. The first kappa shape index (κ1) is 24.3. The minimum Gasteiger partial charge on any atom is -0.330 e. The third-order valence-corrected chi connectivity index (χ3v) is 8.51. The van der Waals surface area contributed by atoms with Gasteiger partial charge in [-0.3, -0.25) is 9.59 Å². The zero-order valence-corrected chi connectivity index (χ0v) is 21.9. The SMILES string of the molecule is CC(C)(CCl)C(=O)N(CC(=O)N1CCc2sccc2C1c1ccc(C(C)(C)C)cc1)C1CC1. The number of alkyl halides is 1. The summed E-state index contributed by atoms with van der Waals surface area (Å²) >= 11 is 7.86. The number of fused-ring (bicyclic) bond motifs is 1. The largest absolute Gasteiger partial charge is 0.330 e. The minimum absolute atomic E-state index is 0.0161. The molecule has 178 valence electrons. The van der Waals surface area contributed by atoms with Gasteiger partial charge in [-0.05, 0) is 66.7 Å². The fourth-order valence-corrected chi connectivity index (χ4v) is 5.56. The lowest BCUT2D eigenvalue weighted by Crippen LogP contribution is -2.50. The summed E-state index contributed by atoms with van der Waals surface area (Å²) in [6.07, 6.45) is 2.79. The number of thiophene rings is 1. The molecule has 0 N–H and O–H groups in total. The van der Waals surface area contributed by atoms with E-state index >= 15 is 0 Å². The van der Waals surface area contributed by atoms with Gasteiger partial charge in [0.05, 0.1) is 11.5 Å². The predicted octanol–water partition coefficient (Wildman–Crippen LogP) is 5.78. The van der Waals surface area contributed by atoms with Crippen LogP contribution in [0.3, 0.4) is 0 Å². The Hall–Kier alpha value is -1.85. The molecule has 1 unspecified atom stereocenters. The highest BCUT2D eigenvalue weighted by Crippen LogP contribution is 2.39. The van der Waals surface area contributed by atoms with E-state index in [0.717, 1.165) is 24.8 Å². The Morgan fingerprint density at radius 3 is 2.33 bits per heavy atom. The molecule has 1 saturated carbocycles. The molecule has 4 nitrogen and oxygen atoms in total. The lowest BCUT2D eigenvalue weighted by atomic mass is 9.85. The molecule has 6 heteroatoms. The number of hydrogen-bond acceptors (Lipinski definition) is 3. The van der Waals surface area contributed by atoms with E-state index in [1.807, 2.05) is 18.7 Å². The monoisotopic (exact) mass is 486 g/mol. The van der Waals surface area contributed by atoms with E-state index in [2.05, 4.69) is 56.5 Å². The molecule has 1 aromatic heterocycles. The summed E-state index contributed by atoms with van der Waals surface area (Å²) in [4.78, 5) is 32.0. The van der Waals surface area contributed by atoms with Crippen molar-refractivity contribution in [1.82, 2.24) is 9.80 Å². The van der Waals surface area contributed by atoms with Crippen LogP contribution in [0.1, 0.15) is 75.1 Å². The summed E-state index contributed by atoms with van der Waals surface area (Å²) in [5, 5.41) is 2.12. The fraction of sp³-hybridized carbons (Fsp3) is 0.556. The second-order valence-corrected chi connectivity index (χ2v) is 12.4. The van der Waals surface area contributed by atoms with Crippen molar-refractivity contribution >= 4 is 34.8 Å². The first-order valence-corrected chi connectivity index (χ1v) is 13.3. The standard InChI is InChI=1S/C27H35ClN2O2S/c1-26(2,3)19-8-6-18(7-9-19)24-21-13-15-33-22(21)12-14-29(24)23(31)16-30(20-10-11-20)25(32)27(4,5)17-28/h6-9,13,15,20,24H,10-12,14,16-17H2,1-5H3. The summed E-state index contributed by atoms with van der Waals surface area (Å²) in [5.41, 5.74) is 3.03. The van der Waals surface area contributed by atoms with E-state index < -0.39 is 5.41 Å². The third-order valence-electron chi connectivity index (χ3n) is 6.85. The van der Waals surface area contributed by atoms with Gasteiger partial charge < -0.3 is 9.80 Å². The second kappa shape index (κ2) is 9.07. The maximum absolute atomic E-state index is 13.7. The molecule has 2 heterocycles. The maximum Gasteiger partial charge on any atom is 0.243 e. The zero-order valence-electron chi connectivity index (χ0n) is 20.4. The highest BCUT2D eigenvalue weighted by Gasteiger charge is 2.42. The first-order chi connectivity index (χ1) is 15.5. The Balaban J connectivity index is 1.63. The molecule has 0 spiro atoms. The smallest absolute Gasteiger partial charge is 0.243 e. The molecule has 0 bridgehead atoms. The molecule has 1 aliphatic heterocycles.